The third-order valence-corrected chi connectivity index (χ3v) is 5.10. The molecule has 0 atom stereocenters. The number of amides is 4. The van der Waals surface area contributed by atoms with Crippen molar-refractivity contribution in [2.24, 2.45) is 7.05 Å². The number of para-hydroxylation sites is 1. The lowest BCUT2D eigenvalue weighted by atomic mass is 10.0. The maximum Gasteiger partial charge on any atom is 0.335 e. The lowest BCUT2D eigenvalue weighted by molar-refractivity contribution is -0.122. The molecule has 1 aliphatic heterocycles. The van der Waals surface area contributed by atoms with E-state index in [2.05, 4.69) is 5.32 Å². The van der Waals surface area contributed by atoms with E-state index in [4.69, 9.17) is 0 Å². The molecular weight excluding hydrogens is 354 g/mol. The minimum atomic E-state index is -0.743. The number of imide groups is 2. The number of aromatic nitrogens is 1. The Bertz CT molecular complexity index is 1190. The van der Waals surface area contributed by atoms with Crippen LogP contribution in [0.2, 0.25) is 0 Å². The number of anilines is 1. The van der Waals surface area contributed by atoms with E-state index in [9.17, 15) is 14.4 Å². The summed E-state index contributed by atoms with van der Waals surface area (Å²) in [6.07, 6.45) is 1.57. The van der Waals surface area contributed by atoms with Gasteiger partial charge in [-0.25, -0.2) is 9.69 Å². The highest BCUT2D eigenvalue weighted by Gasteiger charge is 2.37. The van der Waals surface area contributed by atoms with Gasteiger partial charge in [0.2, 0.25) is 0 Å². The second-order valence-electron chi connectivity index (χ2n) is 6.87. The number of hydrogen-bond acceptors (Lipinski definition) is 3. The maximum absolute atomic E-state index is 13.1. The molecule has 0 unspecified atom stereocenters. The van der Waals surface area contributed by atoms with Crippen LogP contribution in [0.1, 0.15) is 16.8 Å². The van der Waals surface area contributed by atoms with Gasteiger partial charge in [0.15, 0.2) is 0 Å². The molecule has 4 amide bonds. The zero-order valence-corrected chi connectivity index (χ0v) is 15.8. The van der Waals surface area contributed by atoms with E-state index in [0.29, 0.717) is 5.69 Å². The van der Waals surface area contributed by atoms with Crippen LogP contribution in [0.5, 0.6) is 0 Å². The molecule has 1 aliphatic rings. The molecule has 3 aromatic rings. The lowest BCUT2D eigenvalue weighted by Crippen LogP contribution is -2.54. The molecule has 140 valence electrons. The van der Waals surface area contributed by atoms with E-state index >= 15 is 0 Å². The van der Waals surface area contributed by atoms with Gasteiger partial charge in [-0.3, -0.25) is 14.9 Å². The van der Waals surface area contributed by atoms with Crippen LogP contribution in [-0.2, 0) is 16.6 Å². The van der Waals surface area contributed by atoms with Gasteiger partial charge < -0.3 is 4.57 Å². The van der Waals surface area contributed by atoms with Crippen LogP contribution in [0.15, 0.2) is 54.1 Å². The van der Waals surface area contributed by atoms with Gasteiger partial charge in [-0.2, -0.15) is 0 Å². The quantitative estimate of drug-likeness (QED) is 0.552. The SMILES string of the molecule is Cc1cccc(N2C(=O)NC(=O)/C(=C/c3c(C)n(C)c4ccccc34)C2=O)c1. The zero-order chi connectivity index (χ0) is 20.0. The second kappa shape index (κ2) is 6.49. The first kappa shape index (κ1) is 17.7. The Kier molecular flexibility index (Phi) is 4.11. The molecular formula is C22H19N3O3. The van der Waals surface area contributed by atoms with Gasteiger partial charge in [-0.05, 0) is 43.7 Å². The van der Waals surface area contributed by atoms with Crippen LogP contribution in [0.25, 0.3) is 17.0 Å². The van der Waals surface area contributed by atoms with Crippen molar-refractivity contribution in [1.29, 1.82) is 0 Å². The number of carbonyl (C=O) groups excluding carboxylic acids is 3. The Morgan fingerprint density at radius 3 is 2.46 bits per heavy atom. The van der Waals surface area contributed by atoms with E-state index in [1.165, 1.54) is 0 Å². The minimum absolute atomic E-state index is 0.0689. The molecule has 1 saturated heterocycles. The van der Waals surface area contributed by atoms with Crippen molar-refractivity contribution in [3.05, 3.63) is 70.9 Å². The predicted molar refractivity (Wildman–Crippen MR) is 108 cm³/mol. The van der Waals surface area contributed by atoms with Crippen molar-refractivity contribution in [2.75, 3.05) is 4.90 Å². The van der Waals surface area contributed by atoms with E-state index in [-0.39, 0.29) is 5.57 Å². The number of nitrogens with one attached hydrogen (secondary N) is 1. The highest BCUT2D eigenvalue weighted by molar-refractivity contribution is 6.39. The summed E-state index contributed by atoms with van der Waals surface area (Å²) >= 11 is 0. The molecule has 0 bridgehead atoms. The van der Waals surface area contributed by atoms with Crippen molar-refractivity contribution in [1.82, 2.24) is 9.88 Å². The molecule has 2 heterocycles. The van der Waals surface area contributed by atoms with Crippen LogP contribution in [-0.4, -0.2) is 22.4 Å². The zero-order valence-electron chi connectivity index (χ0n) is 15.8. The van der Waals surface area contributed by atoms with Crippen molar-refractivity contribution >= 4 is 40.5 Å². The van der Waals surface area contributed by atoms with Crippen molar-refractivity contribution in [3.8, 4) is 0 Å². The molecule has 2 aromatic carbocycles. The van der Waals surface area contributed by atoms with Crippen LogP contribution in [0.4, 0.5) is 10.5 Å². The number of aryl methyl sites for hydroxylation is 2. The van der Waals surface area contributed by atoms with Crippen LogP contribution in [0.3, 0.4) is 0 Å². The predicted octanol–water partition coefficient (Wildman–Crippen LogP) is 3.46. The van der Waals surface area contributed by atoms with E-state index < -0.39 is 17.8 Å². The first-order valence-corrected chi connectivity index (χ1v) is 8.90. The summed E-state index contributed by atoms with van der Waals surface area (Å²) < 4.78 is 2.01. The number of benzene rings is 2. The van der Waals surface area contributed by atoms with Crippen LogP contribution >= 0.6 is 0 Å². The summed E-state index contributed by atoms with van der Waals surface area (Å²) in [6, 6.07) is 14.1. The Morgan fingerprint density at radius 1 is 0.964 bits per heavy atom. The lowest BCUT2D eigenvalue weighted by Gasteiger charge is -2.26. The highest BCUT2D eigenvalue weighted by atomic mass is 16.2. The standard InChI is InChI=1S/C22H19N3O3/c1-13-7-6-8-15(11-13)25-21(27)18(20(26)23-22(25)28)12-17-14(2)24(3)19-10-5-4-9-16(17)19/h4-12H,1-3H3,(H,23,26,28)/b18-12-. The normalized spacial score (nSPS) is 16.2. The van der Waals surface area contributed by atoms with Crippen LogP contribution in [0, 0.1) is 13.8 Å². The second-order valence-corrected chi connectivity index (χ2v) is 6.87. The molecule has 28 heavy (non-hydrogen) atoms. The third kappa shape index (κ3) is 2.70. The fourth-order valence-corrected chi connectivity index (χ4v) is 3.54. The van der Waals surface area contributed by atoms with Crippen molar-refractivity contribution in [3.63, 3.8) is 0 Å². The molecule has 0 spiro atoms. The topological polar surface area (TPSA) is 71.4 Å². The molecule has 6 nitrogen and oxygen atoms in total. The molecule has 4 rings (SSSR count). The molecule has 0 saturated carbocycles. The molecule has 0 radical (unpaired) electrons. The summed E-state index contributed by atoms with van der Waals surface area (Å²) in [5.41, 5.74) is 3.98. The van der Waals surface area contributed by atoms with Gasteiger partial charge in [0.1, 0.15) is 5.57 Å². The van der Waals surface area contributed by atoms with Gasteiger partial charge in [-0.15, -0.1) is 0 Å². The molecule has 1 aromatic heterocycles. The Hall–Kier alpha value is -3.67. The summed E-state index contributed by atoms with van der Waals surface area (Å²) in [7, 11) is 1.94. The van der Waals surface area contributed by atoms with Crippen LogP contribution < -0.4 is 10.2 Å². The molecule has 0 aliphatic carbocycles. The Balaban J connectivity index is 1.86. The number of rotatable bonds is 2. The van der Waals surface area contributed by atoms with Gasteiger partial charge in [-0.1, -0.05) is 30.3 Å². The molecule has 1 N–H and O–H groups in total. The van der Waals surface area contributed by atoms with E-state index in [1.54, 1.807) is 24.3 Å². The first-order chi connectivity index (χ1) is 13.4. The average Bonchev–Trinajstić information content (AvgIpc) is 2.90. The summed E-state index contributed by atoms with van der Waals surface area (Å²) in [5.74, 6) is -1.32. The smallest absolute Gasteiger partial charge is 0.335 e. The van der Waals surface area contributed by atoms with E-state index in [1.807, 2.05) is 55.8 Å². The number of nitrogens with zero attached hydrogens (tertiary/aromatic N) is 2. The highest BCUT2D eigenvalue weighted by Crippen LogP contribution is 2.29. The fourth-order valence-electron chi connectivity index (χ4n) is 3.54. The first-order valence-electron chi connectivity index (χ1n) is 8.90. The van der Waals surface area contributed by atoms with Crippen molar-refractivity contribution in [2.45, 2.75) is 13.8 Å². The number of carbonyl (C=O) groups is 3. The maximum atomic E-state index is 13.1. The minimum Gasteiger partial charge on any atom is -0.347 e. The third-order valence-electron chi connectivity index (χ3n) is 5.10. The van der Waals surface area contributed by atoms with Gasteiger partial charge in [0, 0.05) is 29.2 Å². The average molecular weight is 373 g/mol. The molecule has 1 fully saturated rings. The number of fused-ring (bicyclic) bond motifs is 1. The summed E-state index contributed by atoms with van der Waals surface area (Å²) in [6.45, 7) is 3.80. The number of barbiturate groups is 1. The van der Waals surface area contributed by atoms with Gasteiger partial charge in [0.25, 0.3) is 11.8 Å². The summed E-state index contributed by atoms with van der Waals surface area (Å²) in [5, 5.41) is 3.21. The number of urea groups is 1. The molecule has 6 heteroatoms. The Labute approximate surface area is 162 Å². The fraction of sp³-hybridized carbons (Fsp3) is 0.136. The van der Waals surface area contributed by atoms with Crippen molar-refractivity contribution < 1.29 is 14.4 Å². The number of hydrogen-bond donors (Lipinski definition) is 1. The van der Waals surface area contributed by atoms with Gasteiger partial charge >= 0.3 is 6.03 Å². The monoisotopic (exact) mass is 373 g/mol. The van der Waals surface area contributed by atoms with Gasteiger partial charge in [0.05, 0.1) is 5.69 Å². The Morgan fingerprint density at radius 2 is 1.71 bits per heavy atom. The largest absolute Gasteiger partial charge is 0.347 e. The van der Waals surface area contributed by atoms with E-state index in [0.717, 1.165) is 32.6 Å². The summed E-state index contributed by atoms with van der Waals surface area (Å²) in [4.78, 5) is 38.9.